The van der Waals surface area contributed by atoms with Crippen molar-refractivity contribution in [2.24, 2.45) is 0 Å². The lowest BCUT2D eigenvalue weighted by atomic mass is 10.1. The van der Waals surface area contributed by atoms with Crippen molar-refractivity contribution in [3.63, 3.8) is 0 Å². The number of ether oxygens (including phenoxy) is 3. The van der Waals surface area contributed by atoms with Gasteiger partial charge < -0.3 is 24.8 Å². The van der Waals surface area contributed by atoms with E-state index in [1.807, 2.05) is 0 Å². The molecule has 47 heavy (non-hydrogen) atoms. The van der Waals surface area contributed by atoms with Gasteiger partial charge in [0.25, 0.3) is 12.4 Å². The fraction of sp³-hybridized carbons (Fsp3) is 0.176. The minimum atomic E-state index is -4.49. The van der Waals surface area contributed by atoms with E-state index in [0.717, 1.165) is 12.1 Å². The van der Waals surface area contributed by atoms with Gasteiger partial charge in [0.15, 0.2) is 11.5 Å². The van der Waals surface area contributed by atoms with E-state index in [9.17, 15) is 23.3 Å². The second kappa shape index (κ2) is 14.7. The number of halogens is 4. The molecule has 0 unspecified atom stereocenters. The Morgan fingerprint density at radius 2 is 1.74 bits per heavy atom. The van der Waals surface area contributed by atoms with E-state index in [0.29, 0.717) is 74.5 Å². The Balaban J connectivity index is 1.28. The van der Waals surface area contributed by atoms with Crippen LogP contribution in [0, 0.1) is 16.2 Å². The number of nitriles is 1. The number of hydrogen-bond donors (Lipinski definition) is 2. The highest BCUT2D eigenvalue weighted by Crippen LogP contribution is 2.38. The third-order valence-corrected chi connectivity index (χ3v) is 7.16. The third-order valence-electron chi connectivity index (χ3n) is 6.89. The largest absolute Gasteiger partial charge is 0.493 e. The number of alkyl halides is 4. The monoisotopic (exact) mass is 662 g/mol. The molecule has 0 aliphatic rings. The minimum Gasteiger partial charge on any atom is -0.493 e. The van der Waals surface area contributed by atoms with Crippen LogP contribution >= 0.6 is 11.6 Å². The summed E-state index contributed by atoms with van der Waals surface area (Å²) >= 11 is 5.77. The molecular weight excluding hydrogens is 635 g/mol. The topological polar surface area (TPSA) is 109 Å². The van der Waals surface area contributed by atoms with Crippen LogP contribution in [0.3, 0.4) is 0 Å². The lowest BCUT2D eigenvalue weighted by molar-refractivity contribution is -0.456. The molecule has 240 valence electrons. The van der Waals surface area contributed by atoms with Crippen molar-refractivity contribution >= 4 is 45.3 Å². The van der Waals surface area contributed by atoms with Crippen LogP contribution in [-0.2, 0) is 6.18 Å². The van der Waals surface area contributed by atoms with E-state index in [1.54, 1.807) is 54.6 Å². The SMILES string of the molecule is COc1cc2c(Nc3ccc(Oc4cccc([N+](=O)CNc5cccc(C(F)(F)F)c5)c4)cc3)c(C#N)cnc2cc1OCCCCl. The van der Waals surface area contributed by atoms with Crippen LogP contribution < -0.4 is 24.8 Å². The molecule has 9 nitrogen and oxygen atoms in total. The van der Waals surface area contributed by atoms with E-state index in [2.05, 4.69) is 21.7 Å². The van der Waals surface area contributed by atoms with Gasteiger partial charge in [-0.2, -0.15) is 18.4 Å². The molecule has 0 radical (unpaired) electrons. The molecule has 1 heterocycles. The van der Waals surface area contributed by atoms with E-state index >= 15 is 0 Å². The maximum Gasteiger partial charge on any atom is 0.416 e. The maximum atomic E-state index is 13.0. The summed E-state index contributed by atoms with van der Waals surface area (Å²) in [6.07, 6.45) is -2.33. The number of methoxy groups -OCH3 is 1. The number of anilines is 3. The van der Waals surface area contributed by atoms with Crippen molar-refractivity contribution in [1.29, 1.82) is 5.26 Å². The van der Waals surface area contributed by atoms with E-state index in [4.69, 9.17) is 25.8 Å². The highest BCUT2D eigenvalue weighted by molar-refractivity contribution is 6.17. The van der Waals surface area contributed by atoms with Crippen LogP contribution in [0.1, 0.15) is 17.5 Å². The van der Waals surface area contributed by atoms with Crippen molar-refractivity contribution in [1.82, 2.24) is 4.98 Å². The van der Waals surface area contributed by atoms with Gasteiger partial charge in [-0.25, -0.2) is 0 Å². The third kappa shape index (κ3) is 8.19. The molecule has 4 aromatic carbocycles. The van der Waals surface area contributed by atoms with Gasteiger partial charge in [-0.1, -0.05) is 12.1 Å². The summed E-state index contributed by atoms with van der Waals surface area (Å²) in [5.41, 5.74) is 1.75. The summed E-state index contributed by atoms with van der Waals surface area (Å²) in [7, 11) is 1.53. The number of hydrogen-bond acceptors (Lipinski definition) is 8. The van der Waals surface area contributed by atoms with Gasteiger partial charge in [-0.15, -0.1) is 11.6 Å². The summed E-state index contributed by atoms with van der Waals surface area (Å²) in [6, 6.07) is 23.7. The van der Waals surface area contributed by atoms with Crippen molar-refractivity contribution in [3.8, 4) is 29.1 Å². The summed E-state index contributed by atoms with van der Waals surface area (Å²) in [5, 5.41) is 16.5. The molecule has 0 saturated carbocycles. The van der Waals surface area contributed by atoms with Gasteiger partial charge >= 0.3 is 6.18 Å². The molecule has 13 heteroatoms. The molecule has 0 saturated heterocycles. The average Bonchev–Trinajstić information content (AvgIpc) is 3.08. The van der Waals surface area contributed by atoms with Gasteiger partial charge in [0, 0.05) is 45.9 Å². The van der Waals surface area contributed by atoms with Crippen LogP contribution in [0.4, 0.5) is 35.9 Å². The number of aromatic nitrogens is 1. The van der Waals surface area contributed by atoms with Crippen molar-refractivity contribution in [2.45, 2.75) is 12.6 Å². The number of rotatable bonds is 13. The van der Waals surface area contributed by atoms with Gasteiger partial charge in [0.2, 0.25) is 0 Å². The summed E-state index contributed by atoms with van der Waals surface area (Å²) in [5.74, 6) is 2.33. The lowest BCUT2D eigenvalue weighted by Crippen LogP contribution is -2.13. The van der Waals surface area contributed by atoms with Gasteiger partial charge in [-0.3, -0.25) is 4.98 Å². The number of benzene rings is 4. The molecule has 0 bridgehead atoms. The van der Waals surface area contributed by atoms with Gasteiger partial charge in [0.1, 0.15) is 17.6 Å². The normalized spacial score (nSPS) is 11.1. The van der Waals surface area contributed by atoms with Crippen molar-refractivity contribution < 1.29 is 32.1 Å². The lowest BCUT2D eigenvalue weighted by Gasteiger charge is -2.15. The van der Waals surface area contributed by atoms with Gasteiger partial charge in [0.05, 0.1) is 46.9 Å². The van der Waals surface area contributed by atoms with Crippen LogP contribution in [0.5, 0.6) is 23.0 Å². The minimum absolute atomic E-state index is 0.166. The average molecular weight is 663 g/mol. The molecule has 1 aromatic heterocycles. The van der Waals surface area contributed by atoms with E-state index in [1.165, 1.54) is 31.5 Å². The number of fused-ring (bicyclic) bond motifs is 1. The zero-order valence-electron chi connectivity index (χ0n) is 25.0. The molecule has 0 spiro atoms. The Morgan fingerprint density at radius 1 is 0.957 bits per heavy atom. The van der Waals surface area contributed by atoms with E-state index < -0.39 is 11.7 Å². The molecule has 0 amide bonds. The van der Waals surface area contributed by atoms with Crippen molar-refractivity contribution in [2.75, 3.05) is 36.9 Å². The fourth-order valence-electron chi connectivity index (χ4n) is 4.58. The standard InChI is InChI=1S/C34H28ClF3N5O4/c1-45-31-17-29-30(18-32(31)46-14-4-13-35)40-20-22(19-39)33(29)42-24-9-11-27(12-10-24)47-28-8-3-7-26(16-28)43(44)21-41-25-6-2-5-23(15-25)34(36,37)38/h2-3,5-12,15-18,20,41H,4,13-14,21H2,1H3,(H,40,42)/q+1. The first kappa shape index (κ1) is 32.8. The molecule has 0 atom stereocenters. The predicted octanol–water partition coefficient (Wildman–Crippen LogP) is 9.16. The molecule has 0 aliphatic carbocycles. The first-order chi connectivity index (χ1) is 22.7. The van der Waals surface area contributed by atoms with Crippen LogP contribution in [0.2, 0.25) is 0 Å². The summed E-state index contributed by atoms with van der Waals surface area (Å²) in [4.78, 5) is 17.1. The predicted molar refractivity (Wildman–Crippen MR) is 173 cm³/mol. The Kier molecular flexibility index (Phi) is 10.3. The Labute approximate surface area is 273 Å². The first-order valence-corrected chi connectivity index (χ1v) is 14.8. The summed E-state index contributed by atoms with van der Waals surface area (Å²) < 4.78 is 56.9. The zero-order chi connectivity index (χ0) is 33.4. The molecular formula is C34H28ClF3N5O4+. The second-order valence-electron chi connectivity index (χ2n) is 10.1. The van der Waals surface area contributed by atoms with Crippen LogP contribution in [0.15, 0.2) is 91.1 Å². The zero-order valence-corrected chi connectivity index (χ0v) is 25.7. The van der Waals surface area contributed by atoms with Crippen LogP contribution in [-0.4, -0.2) is 36.0 Å². The fourth-order valence-corrected chi connectivity index (χ4v) is 4.69. The number of pyridine rings is 1. The Bertz CT molecular complexity index is 1930. The Morgan fingerprint density at radius 3 is 2.47 bits per heavy atom. The number of nitroso groups, excluding NO2 is 1. The number of nitrogens with zero attached hydrogens (tertiary/aromatic N) is 3. The van der Waals surface area contributed by atoms with Crippen LogP contribution in [0.25, 0.3) is 10.9 Å². The molecule has 0 aliphatic heterocycles. The van der Waals surface area contributed by atoms with Crippen molar-refractivity contribution in [3.05, 3.63) is 107 Å². The summed E-state index contributed by atoms with van der Waals surface area (Å²) in [6.45, 7) is 0.134. The van der Waals surface area contributed by atoms with Gasteiger partial charge in [-0.05, 0) is 61.0 Å². The second-order valence-corrected chi connectivity index (χ2v) is 10.5. The maximum absolute atomic E-state index is 13.0. The molecule has 5 aromatic rings. The quantitative estimate of drug-likeness (QED) is 0.0556. The Hall–Kier alpha value is -5.54. The molecule has 0 fully saturated rings. The highest BCUT2D eigenvalue weighted by Gasteiger charge is 2.30. The highest BCUT2D eigenvalue weighted by atomic mass is 35.5. The first-order valence-electron chi connectivity index (χ1n) is 14.3. The molecule has 5 rings (SSSR count). The smallest absolute Gasteiger partial charge is 0.416 e. The number of nitrogens with one attached hydrogen (secondary N) is 2. The van der Waals surface area contributed by atoms with E-state index in [-0.39, 0.29) is 18.0 Å². The molecule has 2 N–H and O–H groups in total.